The lowest BCUT2D eigenvalue weighted by molar-refractivity contribution is -0.157. The van der Waals surface area contributed by atoms with Gasteiger partial charge >= 0.3 is 5.97 Å². The normalized spacial score (nSPS) is 22.1. The summed E-state index contributed by atoms with van der Waals surface area (Å²) in [4.78, 5) is 34.5. The monoisotopic (exact) mass is 413 g/mol. The number of esters is 1. The van der Waals surface area contributed by atoms with Gasteiger partial charge in [0.05, 0.1) is 13.2 Å². The van der Waals surface area contributed by atoms with Crippen LogP contribution in [0.25, 0.3) is 17.1 Å². The highest BCUT2D eigenvalue weighted by Crippen LogP contribution is 2.34. The van der Waals surface area contributed by atoms with Gasteiger partial charge in [0.1, 0.15) is 5.65 Å². The van der Waals surface area contributed by atoms with Crippen molar-refractivity contribution in [1.82, 2.24) is 14.9 Å². The number of carbonyl (C=O) groups is 2. The second-order valence-corrected chi connectivity index (χ2v) is 7.38. The fourth-order valence-corrected chi connectivity index (χ4v) is 3.38. The molecule has 1 saturated heterocycles. The van der Waals surface area contributed by atoms with Gasteiger partial charge in [-0.05, 0) is 39.0 Å². The fourth-order valence-electron chi connectivity index (χ4n) is 3.38. The van der Waals surface area contributed by atoms with E-state index < -0.39 is 23.8 Å². The smallest absolute Gasteiger partial charge is 0.347 e. The Morgan fingerprint density at radius 1 is 1.47 bits per heavy atom. The molecule has 1 atom stereocenters. The molecule has 0 bridgehead atoms. The van der Waals surface area contributed by atoms with Gasteiger partial charge in [-0.25, -0.2) is 9.78 Å². The van der Waals surface area contributed by atoms with Crippen LogP contribution in [-0.2, 0) is 28.5 Å². The van der Waals surface area contributed by atoms with Gasteiger partial charge in [-0.2, -0.15) is 0 Å². The van der Waals surface area contributed by atoms with Gasteiger partial charge in [0.2, 0.25) is 11.7 Å². The Morgan fingerprint density at radius 2 is 2.27 bits per heavy atom. The van der Waals surface area contributed by atoms with E-state index in [0.717, 1.165) is 10.9 Å². The van der Waals surface area contributed by atoms with E-state index in [0.29, 0.717) is 5.65 Å². The summed E-state index contributed by atoms with van der Waals surface area (Å²) >= 11 is 0. The molecule has 30 heavy (non-hydrogen) atoms. The minimum Gasteiger partial charge on any atom is -0.462 e. The van der Waals surface area contributed by atoms with Crippen molar-refractivity contribution in [3.05, 3.63) is 47.3 Å². The molecule has 9 nitrogen and oxygen atoms in total. The van der Waals surface area contributed by atoms with Crippen LogP contribution in [0.2, 0.25) is 0 Å². The number of rotatable bonds is 5. The van der Waals surface area contributed by atoms with Gasteiger partial charge in [0.15, 0.2) is 23.3 Å². The lowest BCUT2D eigenvalue weighted by atomic mass is 10.1. The fraction of sp³-hybridized carbons (Fsp3) is 0.381. The standard InChI is InChI=1S/C21H23N3O6/c1-5-27-20(26)16-17(25)14(9-12-10-23-18-13(12)7-6-8-22-18)29-19(16)24(4)15-11-28-21(2,3)30-15/h6-10,15H,5,11H2,1-4H3,(H,22,23). The van der Waals surface area contributed by atoms with Crippen LogP contribution in [0.5, 0.6) is 0 Å². The molecule has 2 aliphatic heterocycles. The molecule has 158 valence electrons. The number of Topliss-reactive ketones (excluding diaryl/α,β-unsaturated/α-hetero) is 1. The molecule has 2 aromatic rings. The third-order valence-electron chi connectivity index (χ3n) is 4.87. The summed E-state index contributed by atoms with van der Waals surface area (Å²) in [6, 6.07) is 3.68. The molecule has 1 N–H and O–H groups in total. The molecule has 4 rings (SSSR count). The van der Waals surface area contributed by atoms with E-state index in [1.54, 1.807) is 57.3 Å². The third-order valence-corrected chi connectivity index (χ3v) is 4.87. The Labute approximate surface area is 173 Å². The SMILES string of the molecule is CCOC(=O)C1=C(N(C)C2COC(C)(C)O2)OC(=Cc2c[nH]c3ncccc23)C1=O. The zero-order valence-corrected chi connectivity index (χ0v) is 17.2. The molecule has 4 heterocycles. The van der Waals surface area contributed by atoms with Gasteiger partial charge in [-0.1, -0.05) is 0 Å². The average molecular weight is 413 g/mol. The Morgan fingerprint density at radius 3 is 2.97 bits per heavy atom. The van der Waals surface area contributed by atoms with Crippen LogP contribution >= 0.6 is 0 Å². The number of ketones is 1. The third kappa shape index (κ3) is 3.57. The van der Waals surface area contributed by atoms with E-state index in [-0.39, 0.29) is 30.4 Å². The second kappa shape index (κ2) is 7.58. The van der Waals surface area contributed by atoms with Gasteiger partial charge in [-0.15, -0.1) is 0 Å². The number of ether oxygens (including phenoxy) is 4. The average Bonchev–Trinajstić information content (AvgIpc) is 3.38. The quantitative estimate of drug-likeness (QED) is 0.453. The van der Waals surface area contributed by atoms with Crippen molar-refractivity contribution >= 4 is 28.9 Å². The molecule has 2 aliphatic rings. The van der Waals surface area contributed by atoms with Crippen molar-refractivity contribution in [2.24, 2.45) is 0 Å². The molecular weight excluding hydrogens is 390 g/mol. The van der Waals surface area contributed by atoms with Crippen molar-refractivity contribution in [2.45, 2.75) is 32.8 Å². The largest absolute Gasteiger partial charge is 0.462 e. The molecule has 9 heteroatoms. The maximum absolute atomic E-state index is 13.1. The van der Waals surface area contributed by atoms with Crippen LogP contribution < -0.4 is 0 Å². The number of fused-ring (bicyclic) bond motifs is 1. The van der Waals surface area contributed by atoms with Crippen LogP contribution in [0.15, 0.2) is 41.7 Å². The first-order chi connectivity index (χ1) is 14.3. The van der Waals surface area contributed by atoms with Crippen LogP contribution in [-0.4, -0.2) is 58.9 Å². The van der Waals surface area contributed by atoms with E-state index >= 15 is 0 Å². The van der Waals surface area contributed by atoms with Crippen molar-refractivity contribution in [2.75, 3.05) is 20.3 Å². The van der Waals surface area contributed by atoms with Gasteiger partial charge in [0, 0.05) is 30.4 Å². The Balaban J connectivity index is 1.69. The second-order valence-electron chi connectivity index (χ2n) is 7.38. The summed E-state index contributed by atoms with van der Waals surface area (Å²) in [6.07, 6.45) is 4.46. The van der Waals surface area contributed by atoms with Crippen molar-refractivity contribution < 1.29 is 28.5 Å². The highest BCUT2D eigenvalue weighted by atomic mass is 16.8. The Bertz CT molecular complexity index is 1070. The highest BCUT2D eigenvalue weighted by Gasteiger charge is 2.43. The molecule has 2 aromatic heterocycles. The predicted molar refractivity (Wildman–Crippen MR) is 106 cm³/mol. The molecule has 1 fully saturated rings. The topological polar surface area (TPSA) is 103 Å². The van der Waals surface area contributed by atoms with E-state index in [1.165, 1.54) is 0 Å². The number of hydrogen-bond acceptors (Lipinski definition) is 8. The number of likely N-dealkylation sites (N-methyl/N-ethyl adjacent to an activating group) is 1. The van der Waals surface area contributed by atoms with Crippen LogP contribution in [0.1, 0.15) is 26.3 Å². The van der Waals surface area contributed by atoms with E-state index in [9.17, 15) is 9.59 Å². The molecule has 0 amide bonds. The molecule has 0 saturated carbocycles. The number of nitrogens with one attached hydrogen (secondary N) is 1. The first-order valence-corrected chi connectivity index (χ1v) is 9.63. The summed E-state index contributed by atoms with van der Waals surface area (Å²) in [7, 11) is 1.68. The van der Waals surface area contributed by atoms with Crippen LogP contribution in [0, 0.1) is 0 Å². The maximum Gasteiger partial charge on any atom is 0.347 e. The van der Waals surface area contributed by atoms with Crippen LogP contribution in [0.3, 0.4) is 0 Å². The van der Waals surface area contributed by atoms with E-state index in [1.807, 2.05) is 6.07 Å². The summed E-state index contributed by atoms with van der Waals surface area (Å²) in [5.41, 5.74) is 1.23. The number of aromatic nitrogens is 2. The van der Waals surface area contributed by atoms with E-state index in [2.05, 4.69) is 9.97 Å². The van der Waals surface area contributed by atoms with Crippen molar-refractivity contribution in [1.29, 1.82) is 0 Å². The molecule has 1 unspecified atom stereocenters. The van der Waals surface area contributed by atoms with Crippen molar-refractivity contribution in [3.63, 3.8) is 0 Å². The predicted octanol–water partition coefficient (Wildman–Crippen LogP) is 2.32. The van der Waals surface area contributed by atoms with E-state index in [4.69, 9.17) is 18.9 Å². The first kappa shape index (κ1) is 20.1. The number of pyridine rings is 1. The highest BCUT2D eigenvalue weighted by molar-refractivity contribution is 6.26. The number of nitrogens with zero attached hydrogens (tertiary/aromatic N) is 2. The zero-order valence-electron chi connectivity index (χ0n) is 17.2. The van der Waals surface area contributed by atoms with Gasteiger partial charge in [-0.3, -0.25) is 4.79 Å². The van der Waals surface area contributed by atoms with Crippen molar-refractivity contribution in [3.8, 4) is 0 Å². The molecule has 0 aliphatic carbocycles. The molecule has 0 aromatic carbocycles. The molecule has 0 radical (unpaired) electrons. The lowest BCUT2D eigenvalue weighted by Crippen LogP contribution is -2.35. The summed E-state index contributed by atoms with van der Waals surface area (Å²) in [5, 5.41) is 0.829. The van der Waals surface area contributed by atoms with Crippen LogP contribution in [0.4, 0.5) is 0 Å². The number of carbonyl (C=O) groups excluding carboxylic acids is 2. The number of aromatic amines is 1. The zero-order chi connectivity index (χ0) is 21.5. The van der Waals surface area contributed by atoms with Gasteiger partial charge in [0.25, 0.3) is 0 Å². The number of H-pyrrole nitrogens is 1. The molecule has 0 spiro atoms. The summed E-state index contributed by atoms with van der Waals surface area (Å²) in [5.74, 6) is -1.97. The minimum absolute atomic E-state index is 0.0165. The minimum atomic E-state index is -0.776. The summed E-state index contributed by atoms with van der Waals surface area (Å²) < 4.78 is 22.4. The first-order valence-electron chi connectivity index (χ1n) is 9.63. The lowest BCUT2D eigenvalue weighted by Gasteiger charge is -2.26. The number of hydrogen-bond donors (Lipinski definition) is 1. The van der Waals surface area contributed by atoms with Gasteiger partial charge < -0.3 is 28.8 Å². The number of allylic oxidation sites excluding steroid dienone is 1. The summed E-state index contributed by atoms with van der Waals surface area (Å²) in [6.45, 7) is 5.65. The Kier molecular flexibility index (Phi) is 5.08. The Hall–Kier alpha value is -3.17. The maximum atomic E-state index is 13.1. The molecular formula is C21H23N3O6.